The second-order valence-electron chi connectivity index (χ2n) is 5.03. The van der Waals surface area contributed by atoms with Crippen molar-refractivity contribution in [2.24, 2.45) is 5.92 Å². The molecule has 0 unspecified atom stereocenters. The van der Waals surface area contributed by atoms with Crippen molar-refractivity contribution in [1.29, 1.82) is 0 Å². The van der Waals surface area contributed by atoms with E-state index in [1.807, 2.05) is 0 Å². The number of carboxylic acid groups (broad SMARTS) is 1. The van der Waals surface area contributed by atoms with Crippen LogP contribution >= 0.6 is 0 Å². The van der Waals surface area contributed by atoms with E-state index in [2.05, 4.69) is 0 Å². The van der Waals surface area contributed by atoms with Crippen LogP contribution in [0, 0.1) is 5.92 Å². The SMILES string of the molecule is C[C@@H](C(=O)O)c1ccc(C(=O)C2CCCC2)cc1. The molecule has 1 aliphatic rings. The predicted molar refractivity (Wildman–Crippen MR) is 68.8 cm³/mol. The zero-order chi connectivity index (χ0) is 13.1. The zero-order valence-corrected chi connectivity index (χ0v) is 10.6. The first-order chi connectivity index (χ1) is 8.59. The van der Waals surface area contributed by atoms with Crippen LogP contribution in [0.1, 0.15) is 54.4 Å². The molecule has 1 saturated carbocycles. The van der Waals surface area contributed by atoms with Crippen molar-refractivity contribution in [2.75, 3.05) is 0 Å². The fourth-order valence-corrected chi connectivity index (χ4v) is 2.50. The molecular formula is C15H18O3. The average molecular weight is 246 g/mol. The van der Waals surface area contributed by atoms with Crippen molar-refractivity contribution in [3.63, 3.8) is 0 Å². The van der Waals surface area contributed by atoms with E-state index in [-0.39, 0.29) is 11.7 Å². The molecule has 0 heterocycles. The van der Waals surface area contributed by atoms with Gasteiger partial charge in [0.1, 0.15) is 0 Å². The third-order valence-corrected chi connectivity index (χ3v) is 3.79. The smallest absolute Gasteiger partial charge is 0.310 e. The Morgan fingerprint density at radius 1 is 1.17 bits per heavy atom. The van der Waals surface area contributed by atoms with Gasteiger partial charge >= 0.3 is 5.97 Å². The molecule has 0 aliphatic heterocycles. The van der Waals surface area contributed by atoms with Crippen LogP contribution in [0.15, 0.2) is 24.3 Å². The number of rotatable bonds is 4. The van der Waals surface area contributed by atoms with Crippen molar-refractivity contribution in [3.05, 3.63) is 35.4 Å². The summed E-state index contributed by atoms with van der Waals surface area (Å²) in [5.41, 5.74) is 1.45. The third kappa shape index (κ3) is 2.61. The molecule has 1 atom stereocenters. The van der Waals surface area contributed by atoms with Crippen molar-refractivity contribution in [3.8, 4) is 0 Å². The highest BCUT2D eigenvalue weighted by Gasteiger charge is 2.24. The molecule has 1 N–H and O–H groups in total. The Morgan fingerprint density at radius 3 is 2.22 bits per heavy atom. The molecule has 0 spiro atoms. The molecule has 0 saturated heterocycles. The van der Waals surface area contributed by atoms with E-state index in [9.17, 15) is 9.59 Å². The molecule has 0 aromatic heterocycles. The number of carbonyl (C=O) groups is 2. The van der Waals surface area contributed by atoms with Gasteiger partial charge in [0.2, 0.25) is 0 Å². The molecule has 0 bridgehead atoms. The Hall–Kier alpha value is -1.64. The van der Waals surface area contributed by atoms with E-state index >= 15 is 0 Å². The molecule has 18 heavy (non-hydrogen) atoms. The number of Topliss-reactive ketones (excluding diaryl/α,β-unsaturated/α-hetero) is 1. The summed E-state index contributed by atoms with van der Waals surface area (Å²) in [5, 5.41) is 8.92. The average Bonchev–Trinajstić information content (AvgIpc) is 2.91. The molecule has 0 radical (unpaired) electrons. The van der Waals surface area contributed by atoms with Gasteiger partial charge in [-0.3, -0.25) is 9.59 Å². The van der Waals surface area contributed by atoms with E-state index in [1.165, 1.54) is 0 Å². The van der Waals surface area contributed by atoms with Crippen LogP contribution in [-0.4, -0.2) is 16.9 Å². The van der Waals surface area contributed by atoms with E-state index < -0.39 is 11.9 Å². The number of hydrogen-bond donors (Lipinski definition) is 1. The van der Waals surface area contributed by atoms with Crippen molar-refractivity contribution < 1.29 is 14.7 Å². The number of carboxylic acids is 1. The highest BCUT2D eigenvalue weighted by molar-refractivity contribution is 5.98. The fraction of sp³-hybridized carbons (Fsp3) is 0.467. The molecular weight excluding hydrogens is 228 g/mol. The Balaban J connectivity index is 2.12. The van der Waals surface area contributed by atoms with Gasteiger partial charge in [0.25, 0.3) is 0 Å². The van der Waals surface area contributed by atoms with Gasteiger partial charge in [0, 0.05) is 11.5 Å². The van der Waals surface area contributed by atoms with Gasteiger partial charge in [0.05, 0.1) is 5.92 Å². The number of aliphatic carboxylic acids is 1. The van der Waals surface area contributed by atoms with Gasteiger partial charge in [-0.05, 0) is 25.3 Å². The minimum atomic E-state index is -0.843. The highest BCUT2D eigenvalue weighted by atomic mass is 16.4. The summed E-state index contributed by atoms with van der Waals surface area (Å²) in [6.45, 7) is 1.65. The Labute approximate surface area is 107 Å². The van der Waals surface area contributed by atoms with E-state index in [0.717, 1.165) is 31.2 Å². The summed E-state index contributed by atoms with van der Waals surface area (Å²) in [6.07, 6.45) is 4.27. The molecule has 1 aromatic carbocycles. The van der Waals surface area contributed by atoms with Crippen LogP contribution in [0.25, 0.3) is 0 Å². The van der Waals surface area contributed by atoms with E-state index in [0.29, 0.717) is 5.56 Å². The summed E-state index contributed by atoms with van der Waals surface area (Å²) in [4.78, 5) is 23.0. The largest absolute Gasteiger partial charge is 0.481 e. The predicted octanol–water partition coefficient (Wildman–Crippen LogP) is 3.25. The molecule has 3 heteroatoms. The van der Waals surface area contributed by atoms with Crippen LogP contribution in [0.5, 0.6) is 0 Å². The molecule has 1 aliphatic carbocycles. The lowest BCUT2D eigenvalue weighted by Gasteiger charge is -2.10. The maximum atomic E-state index is 12.1. The standard InChI is InChI=1S/C15H18O3/c1-10(15(17)18)11-6-8-13(9-7-11)14(16)12-4-2-3-5-12/h6-10,12H,2-5H2,1H3,(H,17,18)/t10-/m1/s1. The Kier molecular flexibility index (Phi) is 3.80. The van der Waals surface area contributed by atoms with Crippen LogP contribution in [0.3, 0.4) is 0 Å². The van der Waals surface area contributed by atoms with Crippen molar-refractivity contribution in [2.45, 2.75) is 38.5 Å². The number of benzene rings is 1. The van der Waals surface area contributed by atoms with Crippen molar-refractivity contribution in [1.82, 2.24) is 0 Å². The van der Waals surface area contributed by atoms with Crippen LogP contribution in [0.4, 0.5) is 0 Å². The first-order valence-electron chi connectivity index (χ1n) is 6.46. The topological polar surface area (TPSA) is 54.4 Å². The molecule has 3 nitrogen and oxygen atoms in total. The molecule has 96 valence electrons. The minimum absolute atomic E-state index is 0.174. The van der Waals surface area contributed by atoms with E-state index in [4.69, 9.17) is 5.11 Å². The molecule has 1 aromatic rings. The number of ketones is 1. The van der Waals surface area contributed by atoms with Crippen LogP contribution < -0.4 is 0 Å². The van der Waals surface area contributed by atoms with E-state index in [1.54, 1.807) is 31.2 Å². The summed E-state index contributed by atoms with van der Waals surface area (Å²) in [6, 6.07) is 7.02. The lowest BCUT2D eigenvalue weighted by Crippen LogP contribution is -2.12. The third-order valence-electron chi connectivity index (χ3n) is 3.79. The van der Waals surface area contributed by atoms with Gasteiger partial charge < -0.3 is 5.11 Å². The summed E-state index contributed by atoms with van der Waals surface area (Å²) < 4.78 is 0. The van der Waals surface area contributed by atoms with Crippen LogP contribution in [0.2, 0.25) is 0 Å². The monoisotopic (exact) mass is 246 g/mol. The highest BCUT2D eigenvalue weighted by Crippen LogP contribution is 2.28. The number of hydrogen-bond acceptors (Lipinski definition) is 2. The summed E-state index contributed by atoms with van der Waals surface area (Å²) in [7, 11) is 0. The second kappa shape index (κ2) is 5.34. The summed E-state index contributed by atoms with van der Waals surface area (Å²) >= 11 is 0. The molecule has 0 amide bonds. The van der Waals surface area contributed by atoms with Gasteiger partial charge in [-0.1, -0.05) is 37.1 Å². The first kappa shape index (κ1) is 12.8. The Bertz CT molecular complexity index is 441. The van der Waals surface area contributed by atoms with Crippen molar-refractivity contribution >= 4 is 11.8 Å². The molecule has 2 rings (SSSR count). The maximum Gasteiger partial charge on any atom is 0.310 e. The van der Waals surface area contributed by atoms with Gasteiger partial charge in [-0.2, -0.15) is 0 Å². The lowest BCUT2D eigenvalue weighted by atomic mass is 9.93. The minimum Gasteiger partial charge on any atom is -0.481 e. The maximum absolute atomic E-state index is 12.1. The van der Waals surface area contributed by atoms with Crippen LogP contribution in [-0.2, 0) is 4.79 Å². The van der Waals surface area contributed by atoms with Gasteiger partial charge in [-0.25, -0.2) is 0 Å². The van der Waals surface area contributed by atoms with Gasteiger partial charge in [-0.15, -0.1) is 0 Å². The van der Waals surface area contributed by atoms with Gasteiger partial charge in [0.15, 0.2) is 5.78 Å². The molecule has 1 fully saturated rings. The fourth-order valence-electron chi connectivity index (χ4n) is 2.50. The first-order valence-corrected chi connectivity index (χ1v) is 6.46. The lowest BCUT2D eigenvalue weighted by molar-refractivity contribution is -0.138. The summed E-state index contributed by atoms with van der Waals surface area (Å²) in [5.74, 6) is -0.986. The quantitative estimate of drug-likeness (QED) is 0.830. The Morgan fingerprint density at radius 2 is 1.72 bits per heavy atom. The zero-order valence-electron chi connectivity index (χ0n) is 10.6. The normalized spacial score (nSPS) is 17.6. The second-order valence-corrected chi connectivity index (χ2v) is 5.03. The number of carbonyl (C=O) groups excluding carboxylic acids is 1.